The molecule has 0 fully saturated rings. The molecule has 0 bridgehead atoms. The number of carbonyl (C=O) groups is 2. The van der Waals surface area contributed by atoms with Crippen molar-refractivity contribution in [3.63, 3.8) is 0 Å². The molecule has 0 aromatic carbocycles. The number of rotatable bonds is 4. The van der Waals surface area contributed by atoms with Gasteiger partial charge in [-0.2, -0.15) is 5.26 Å². The van der Waals surface area contributed by atoms with Crippen molar-refractivity contribution in [2.24, 2.45) is 0 Å². The Morgan fingerprint density at radius 3 is 2.42 bits per heavy atom. The molecule has 0 aliphatic heterocycles. The molecule has 5 heteroatoms. The summed E-state index contributed by atoms with van der Waals surface area (Å²) < 4.78 is -1.10. The largest absolute Gasteiger partial charge is 0.300 e. The van der Waals surface area contributed by atoms with Crippen molar-refractivity contribution in [1.82, 2.24) is 0 Å². The van der Waals surface area contributed by atoms with Gasteiger partial charge in [-0.15, -0.1) is 0 Å². The molecule has 0 aromatic heterocycles. The lowest BCUT2D eigenvalue weighted by Crippen LogP contribution is -2.29. The van der Waals surface area contributed by atoms with Crippen molar-refractivity contribution in [2.45, 2.75) is 25.0 Å². The third-order valence-electron chi connectivity index (χ3n) is 1.27. The molecule has 0 spiro atoms. The highest BCUT2D eigenvalue weighted by atomic mass is 35.5. The van der Waals surface area contributed by atoms with Gasteiger partial charge in [0.1, 0.15) is 15.9 Å². The second-order valence-corrected chi connectivity index (χ2v) is 4.21. The number of carbonyl (C=O) groups excluding carboxylic acids is 2. The number of hydrogen-bond acceptors (Lipinski definition) is 4. The van der Waals surface area contributed by atoms with Gasteiger partial charge in [0, 0.05) is 6.42 Å². The zero-order valence-electron chi connectivity index (χ0n) is 6.76. The van der Waals surface area contributed by atoms with Crippen LogP contribution in [0.1, 0.15) is 20.3 Å². The third kappa shape index (κ3) is 3.24. The molecule has 3 nitrogen and oxygen atoms in total. The maximum Gasteiger partial charge on any atom is 0.238 e. The van der Waals surface area contributed by atoms with Gasteiger partial charge in [-0.25, -0.2) is 0 Å². The summed E-state index contributed by atoms with van der Waals surface area (Å²) in [4.78, 5) is 21.5. The molecule has 0 aliphatic carbocycles. The summed E-state index contributed by atoms with van der Waals surface area (Å²) in [6.45, 7) is 2.84. The van der Waals surface area contributed by atoms with Gasteiger partial charge in [0.25, 0.3) is 0 Å². The fraction of sp³-hybridized carbons (Fsp3) is 0.571. The average Bonchev–Trinajstić information content (AvgIpc) is 1.85. The van der Waals surface area contributed by atoms with Crippen molar-refractivity contribution < 1.29 is 9.59 Å². The molecule has 0 radical (unpaired) electrons. The summed E-state index contributed by atoms with van der Waals surface area (Å²) in [7, 11) is 0. The first kappa shape index (κ1) is 11.5. The van der Waals surface area contributed by atoms with Crippen LogP contribution in [-0.2, 0) is 9.59 Å². The summed E-state index contributed by atoms with van der Waals surface area (Å²) in [6.07, 6.45) is -0.00639. The molecule has 0 heterocycles. The van der Waals surface area contributed by atoms with E-state index in [0.29, 0.717) is 0 Å². The minimum atomic E-state index is -1.10. The maximum absolute atomic E-state index is 10.8. The van der Waals surface area contributed by atoms with Crippen molar-refractivity contribution in [2.75, 3.05) is 0 Å². The van der Waals surface area contributed by atoms with E-state index in [9.17, 15) is 9.59 Å². The van der Waals surface area contributed by atoms with Crippen LogP contribution < -0.4 is 0 Å². The number of halogens is 1. The third-order valence-corrected chi connectivity index (χ3v) is 2.67. The highest BCUT2D eigenvalue weighted by molar-refractivity contribution is 8.05. The Hall–Kier alpha value is -0.530. The van der Waals surface area contributed by atoms with E-state index in [0.717, 1.165) is 11.8 Å². The van der Waals surface area contributed by atoms with Gasteiger partial charge in [0.15, 0.2) is 0 Å². The number of hydrogen-bond donors (Lipinski definition) is 0. The Morgan fingerprint density at radius 1 is 1.67 bits per heavy atom. The lowest BCUT2D eigenvalue weighted by molar-refractivity contribution is -0.121. The molecule has 12 heavy (non-hydrogen) atoms. The van der Waals surface area contributed by atoms with Gasteiger partial charge in [-0.1, -0.05) is 0 Å². The Morgan fingerprint density at radius 2 is 2.17 bits per heavy atom. The number of thioether (sulfide) groups is 1. The van der Waals surface area contributed by atoms with Crippen molar-refractivity contribution >= 4 is 34.4 Å². The highest BCUT2D eigenvalue weighted by Gasteiger charge is 2.34. The standard InChI is InChI=1S/C7H8ClNO2S/c1-5(10)3-7(2,6(8)11)12-4-9/h3H2,1-2H3. The molecule has 0 saturated carbocycles. The second-order valence-electron chi connectivity index (χ2n) is 2.58. The first-order chi connectivity index (χ1) is 5.42. The predicted molar refractivity (Wildman–Crippen MR) is 47.8 cm³/mol. The summed E-state index contributed by atoms with van der Waals surface area (Å²) in [5.41, 5.74) is 0. The Bertz CT molecular complexity index is 248. The van der Waals surface area contributed by atoms with Crippen LogP contribution in [0.4, 0.5) is 0 Å². The molecule has 0 saturated heterocycles. The van der Waals surface area contributed by atoms with Gasteiger partial charge in [-0.3, -0.25) is 9.59 Å². The molecular formula is C7H8ClNO2S. The summed E-state index contributed by atoms with van der Waals surface area (Å²) in [5.74, 6) is -0.158. The summed E-state index contributed by atoms with van der Waals surface area (Å²) in [5, 5.41) is 9.45. The van der Waals surface area contributed by atoms with E-state index >= 15 is 0 Å². The Kier molecular flexibility index (Phi) is 4.29. The van der Waals surface area contributed by atoms with E-state index < -0.39 is 9.99 Å². The predicted octanol–water partition coefficient (Wildman–Crippen LogP) is 1.70. The lowest BCUT2D eigenvalue weighted by Gasteiger charge is -2.18. The van der Waals surface area contributed by atoms with Gasteiger partial charge in [0.05, 0.1) is 0 Å². The lowest BCUT2D eigenvalue weighted by atomic mass is 10.1. The van der Waals surface area contributed by atoms with Crippen LogP contribution in [0.3, 0.4) is 0 Å². The van der Waals surface area contributed by atoms with Gasteiger partial charge < -0.3 is 0 Å². The number of nitrogens with zero attached hydrogens (tertiary/aromatic N) is 1. The smallest absolute Gasteiger partial charge is 0.238 e. The summed E-state index contributed by atoms with van der Waals surface area (Å²) in [6, 6.07) is 0. The zero-order chi connectivity index (χ0) is 9.78. The maximum atomic E-state index is 10.8. The van der Waals surface area contributed by atoms with Crippen molar-refractivity contribution in [1.29, 1.82) is 5.26 Å². The van der Waals surface area contributed by atoms with E-state index in [-0.39, 0.29) is 12.2 Å². The SMILES string of the molecule is CC(=O)CC(C)(SC#N)C(=O)Cl. The van der Waals surface area contributed by atoms with E-state index in [1.54, 1.807) is 5.40 Å². The number of nitriles is 1. The molecular weight excluding hydrogens is 198 g/mol. The molecule has 0 rings (SSSR count). The van der Waals surface area contributed by atoms with E-state index in [1.165, 1.54) is 13.8 Å². The van der Waals surface area contributed by atoms with Gasteiger partial charge in [0.2, 0.25) is 5.24 Å². The van der Waals surface area contributed by atoms with Crippen LogP contribution in [0, 0.1) is 10.7 Å². The fourth-order valence-corrected chi connectivity index (χ4v) is 1.46. The molecule has 66 valence electrons. The molecule has 1 atom stereocenters. The normalized spacial score (nSPS) is 14.5. The number of ketones is 1. The zero-order valence-corrected chi connectivity index (χ0v) is 8.33. The van der Waals surface area contributed by atoms with Crippen LogP contribution in [-0.4, -0.2) is 15.8 Å². The first-order valence-electron chi connectivity index (χ1n) is 3.19. The highest BCUT2D eigenvalue weighted by Crippen LogP contribution is 2.30. The van der Waals surface area contributed by atoms with E-state index in [4.69, 9.17) is 16.9 Å². The van der Waals surface area contributed by atoms with Crippen LogP contribution in [0.25, 0.3) is 0 Å². The monoisotopic (exact) mass is 205 g/mol. The molecule has 0 N–H and O–H groups in total. The number of thiocyanates is 1. The van der Waals surface area contributed by atoms with Crippen molar-refractivity contribution in [3.05, 3.63) is 0 Å². The average molecular weight is 206 g/mol. The Labute approximate surface area is 80.1 Å². The van der Waals surface area contributed by atoms with Gasteiger partial charge in [-0.05, 0) is 37.2 Å². The van der Waals surface area contributed by atoms with Crippen LogP contribution in [0.2, 0.25) is 0 Å². The molecule has 0 aliphatic rings. The topological polar surface area (TPSA) is 57.9 Å². The first-order valence-corrected chi connectivity index (χ1v) is 4.38. The fourth-order valence-electron chi connectivity index (χ4n) is 0.721. The van der Waals surface area contributed by atoms with Gasteiger partial charge >= 0.3 is 0 Å². The summed E-state index contributed by atoms with van der Waals surface area (Å²) >= 11 is 5.96. The van der Waals surface area contributed by atoms with E-state index in [1.807, 2.05) is 0 Å². The quantitative estimate of drug-likeness (QED) is 0.518. The van der Waals surface area contributed by atoms with Crippen LogP contribution in [0.5, 0.6) is 0 Å². The van der Waals surface area contributed by atoms with Crippen LogP contribution >= 0.6 is 23.4 Å². The molecule has 0 amide bonds. The van der Waals surface area contributed by atoms with Crippen molar-refractivity contribution in [3.8, 4) is 5.40 Å². The Balaban J connectivity index is 4.52. The molecule has 1 unspecified atom stereocenters. The van der Waals surface area contributed by atoms with Crippen LogP contribution in [0.15, 0.2) is 0 Å². The second kappa shape index (κ2) is 4.48. The minimum Gasteiger partial charge on any atom is -0.300 e. The molecule has 0 aromatic rings. The van der Waals surface area contributed by atoms with E-state index in [2.05, 4.69) is 0 Å². The minimum absolute atomic E-state index is 0.00639. The number of Topliss-reactive ketones (excluding diaryl/α,β-unsaturated/α-hetero) is 1.